The molecule has 0 bridgehead atoms. The van der Waals surface area contributed by atoms with Crippen LogP contribution in [0.15, 0.2) is 23.1 Å². The van der Waals surface area contributed by atoms with E-state index in [0.717, 1.165) is 0 Å². The lowest BCUT2D eigenvalue weighted by atomic mass is 10.1. The highest BCUT2D eigenvalue weighted by Crippen LogP contribution is 2.21. The first kappa shape index (κ1) is 19.8. The van der Waals surface area contributed by atoms with Gasteiger partial charge in [0.2, 0.25) is 10.0 Å². The number of nitrogens with one attached hydrogen (secondary N) is 2. The molecule has 1 aromatic rings. The van der Waals surface area contributed by atoms with Crippen molar-refractivity contribution in [2.45, 2.75) is 31.8 Å². The maximum Gasteiger partial charge on any atom is 0.251 e. The average molecular weight is 369 g/mol. The van der Waals surface area contributed by atoms with Gasteiger partial charge in [-0.05, 0) is 24.6 Å². The molecule has 8 heteroatoms. The Bertz CT molecular complexity index is 717. The number of benzene rings is 1. The predicted octanol–water partition coefficient (Wildman–Crippen LogP) is 0.336. The molecule has 1 aliphatic heterocycles. The zero-order valence-corrected chi connectivity index (χ0v) is 15.8. The Kier molecular flexibility index (Phi) is 6.56. The summed E-state index contributed by atoms with van der Waals surface area (Å²) in [4.78, 5) is 12.5. The Labute approximate surface area is 149 Å². The minimum Gasteiger partial charge on any atom is -0.391 e. The standard InChI is InChI=1S/C17H27N3O4S/c1-4-20(5-2)25(23,24)16-8-13(7-6-12(16)3)17(22)19-10-14-9-18-11-15(14)21/h6-8,14-15,18,21H,4-5,9-11H2,1-3H3,(H,19,22). The molecule has 2 unspecified atom stereocenters. The molecule has 1 aromatic carbocycles. The number of aliphatic hydroxyl groups excluding tert-OH is 1. The average Bonchev–Trinajstić information content (AvgIpc) is 2.98. The fourth-order valence-corrected chi connectivity index (χ4v) is 4.68. The molecule has 3 N–H and O–H groups in total. The number of nitrogens with zero attached hydrogens (tertiary/aromatic N) is 1. The third kappa shape index (κ3) is 4.38. The molecular formula is C17H27N3O4S. The predicted molar refractivity (Wildman–Crippen MR) is 96.0 cm³/mol. The lowest BCUT2D eigenvalue weighted by Gasteiger charge is -2.20. The third-order valence-electron chi connectivity index (χ3n) is 4.60. The third-order valence-corrected chi connectivity index (χ3v) is 6.79. The van der Waals surface area contributed by atoms with E-state index in [0.29, 0.717) is 43.9 Å². The van der Waals surface area contributed by atoms with Gasteiger partial charge in [0.1, 0.15) is 0 Å². The van der Waals surface area contributed by atoms with Gasteiger partial charge in [-0.2, -0.15) is 4.31 Å². The van der Waals surface area contributed by atoms with Gasteiger partial charge < -0.3 is 15.7 Å². The number of rotatable bonds is 7. The molecule has 1 fully saturated rings. The molecule has 1 aliphatic rings. The van der Waals surface area contributed by atoms with Crippen molar-refractivity contribution in [2.75, 3.05) is 32.7 Å². The maximum atomic E-state index is 12.8. The summed E-state index contributed by atoms with van der Waals surface area (Å²) in [5.41, 5.74) is 0.913. The number of hydrogen-bond acceptors (Lipinski definition) is 5. The van der Waals surface area contributed by atoms with E-state index < -0.39 is 16.1 Å². The first-order valence-electron chi connectivity index (χ1n) is 8.59. The Balaban J connectivity index is 2.19. The Morgan fingerprint density at radius 3 is 2.56 bits per heavy atom. The van der Waals surface area contributed by atoms with E-state index in [-0.39, 0.29) is 16.7 Å². The summed E-state index contributed by atoms with van der Waals surface area (Å²) in [5.74, 6) is -0.372. The van der Waals surface area contributed by atoms with Crippen LogP contribution in [0.4, 0.5) is 0 Å². The van der Waals surface area contributed by atoms with Crippen LogP contribution in [-0.2, 0) is 10.0 Å². The van der Waals surface area contributed by atoms with Crippen molar-refractivity contribution < 1.29 is 18.3 Å². The summed E-state index contributed by atoms with van der Waals surface area (Å²) in [7, 11) is -3.62. The van der Waals surface area contributed by atoms with Gasteiger partial charge >= 0.3 is 0 Å². The van der Waals surface area contributed by atoms with Crippen LogP contribution in [0, 0.1) is 12.8 Å². The quantitative estimate of drug-likeness (QED) is 0.644. The molecule has 0 aromatic heterocycles. The van der Waals surface area contributed by atoms with Crippen molar-refractivity contribution in [3.63, 3.8) is 0 Å². The molecule has 1 saturated heterocycles. The van der Waals surface area contributed by atoms with Gasteiger partial charge in [0.25, 0.3) is 5.91 Å². The number of carbonyl (C=O) groups is 1. The minimum absolute atomic E-state index is 0.0340. The molecule has 0 saturated carbocycles. The molecular weight excluding hydrogens is 342 g/mol. The van der Waals surface area contributed by atoms with Crippen LogP contribution in [-0.4, -0.2) is 62.6 Å². The van der Waals surface area contributed by atoms with E-state index >= 15 is 0 Å². The number of aliphatic hydroxyl groups is 1. The van der Waals surface area contributed by atoms with E-state index in [2.05, 4.69) is 10.6 Å². The van der Waals surface area contributed by atoms with Crippen molar-refractivity contribution in [3.8, 4) is 0 Å². The second kappa shape index (κ2) is 8.27. The van der Waals surface area contributed by atoms with Crippen molar-refractivity contribution in [1.82, 2.24) is 14.9 Å². The summed E-state index contributed by atoms with van der Waals surface area (Å²) in [6.07, 6.45) is -0.475. The fraction of sp³-hybridized carbons (Fsp3) is 0.588. The van der Waals surface area contributed by atoms with Gasteiger partial charge in [0, 0.05) is 44.2 Å². The van der Waals surface area contributed by atoms with Crippen LogP contribution >= 0.6 is 0 Å². The highest BCUT2D eigenvalue weighted by atomic mass is 32.2. The van der Waals surface area contributed by atoms with Crippen LogP contribution in [0.1, 0.15) is 29.8 Å². The summed E-state index contributed by atoms with van der Waals surface area (Å²) in [6.45, 7) is 7.57. The van der Waals surface area contributed by atoms with Crippen LogP contribution in [0.5, 0.6) is 0 Å². The van der Waals surface area contributed by atoms with Gasteiger partial charge in [-0.25, -0.2) is 8.42 Å². The minimum atomic E-state index is -3.62. The molecule has 1 amide bonds. The fourth-order valence-electron chi connectivity index (χ4n) is 2.98. The van der Waals surface area contributed by atoms with Crippen LogP contribution < -0.4 is 10.6 Å². The highest BCUT2D eigenvalue weighted by molar-refractivity contribution is 7.89. The molecule has 1 heterocycles. The van der Waals surface area contributed by atoms with Crippen molar-refractivity contribution in [3.05, 3.63) is 29.3 Å². The molecule has 25 heavy (non-hydrogen) atoms. The molecule has 2 rings (SSSR count). The molecule has 0 spiro atoms. The van der Waals surface area contributed by atoms with E-state index in [9.17, 15) is 18.3 Å². The number of hydrogen-bond donors (Lipinski definition) is 3. The van der Waals surface area contributed by atoms with Gasteiger partial charge in [-0.15, -0.1) is 0 Å². The van der Waals surface area contributed by atoms with Crippen molar-refractivity contribution in [1.29, 1.82) is 0 Å². The smallest absolute Gasteiger partial charge is 0.251 e. The van der Waals surface area contributed by atoms with Crippen LogP contribution in [0.3, 0.4) is 0 Å². The summed E-state index contributed by atoms with van der Waals surface area (Å²) >= 11 is 0. The van der Waals surface area contributed by atoms with Crippen LogP contribution in [0.2, 0.25) is 0 Å². The normalized spacial score (nSPS) is 20.8. The monoisotopic (exact) mass is 369 g/mol. The number of amides is 1. The lowest BCUT2D eigenvalue weighted by molar-refractivity contribution is 0.0927. The number of β-amino-alcohol motifs (C(OH)–C–C–N with tert-alkyl or cyclic N) is 1. The Morgan fingerprint density at radius 2 is 2.00 bits per heavy atom. The maximum absolute atomic E-state index is 12.8. The largest absolute Gasteiger partial charge is 0.391 e. The summed E-state index contributed by atoms with van der Waals surface area (Å²) in [5, 5.41) is 15.6. The molecule has 0 aliphatic carbocycles. The first-order chi connectivity index (χ1) is 11.8. The van der Waals surface area contributed by atoms with Gasteiger partial charge in [0.15, 0.2) is 0 Å². The molecule has 7 nitrogen and oxygen atoms in total. The van der Waals surface area contributed by atoms with E-state index in [1.54, 1.807) is 32.9 Å². The zero-order chi connectivity index (χ0) is 18.6. The Morgan fingerprint density at radius 1 is 1.32 bits per heavy atom. The lowest BCUT2D eigenvalue weighted by Crippen LogP contribution is -2.34. The summed E-state index contributed by atoms with van der Waals surface area (Å²) in [6, 6.07) is 4.70. The molecule has 0 radical (unpaired) electrons. The zero-order valence-electron chi connectivity index (χ0n) is 14.9. The van der Waals surface area contributed by atoms with Gasteiger partial charge in [0.05, 0.1) is 11.0 Å². The van der Waals surface area contributed by atoms with E-state index in [4.69, 9.17) is 0 Å². The van der Waals surface area contributed by atoms with Crippen molar-refractivity contribution >= 4 is 15.9 Å². The van der Waals surface area contributed by atoms with Gasteiger partial charge in [-0.1, -0.05) is 19.9 Å². The number of carbonyl (C=O) groups excluding carboxylic acids is 1. The second-order valence-corrected chi connectivity index (χ2v) is 8.17. The molecule has 140 valence electrons. The molecule has 2 atom stereocenters. The van der Waals surface area contributed by atoms with Crippen LogP contribution in [0.25, 0.3) is 0 Å². The highest BCUT2D eigenvalue weighted by Gasteiger charge is 2.27. The topological polar surface area (TPSA) is 98.7 Å². The first-order valence-corrected chi connectivity index (χ1v) is 10.0. The number of sulfonamides is 1. The van der Waals surface area contributed by atoms with Gasteiger partial charge in [-0.3, -0.25) is 4.79 Å². The SMILES string of the molecule is CCN(CC)S(=O)(=O)c1cc(C(=O)NCC2CNCC2O)ccc1C. The van der Waals surface area contributed by atoms with Crippen molar-refractivity contribution in [2.24, 2.45) is 5.92 Å². The number of aryl methyl sites for hydroxylation is 1. The van der Waals surface area contributed by atoms with E-state index in [1.165, 1.54) is 10.4 Å². The summed E-state index contributed by atoms with van der Waals surface area (Å²) < 4.78 is 26.9. The Hall–Kier alpha value is -1.48. The van der Waals surface area contributed by atoms with E-state index in [1.807, 2.05) is 0 Å². The second-order valence-electron chi connectivity index (χ2n) is 6.27.